The minimum atomic E-state index is -1.52. The zero-order valence-electron chi connectivity index (χ0n) is 12.5. The maximum atomic E-state index is 11.2. The van der Waals surface area contributed by atoms with E-state index in [-0.39, 0.29) is 5.75 Å². The third-order valence-electron chi connectivity index (χ3n) is 4.27. The normalized spacial score (nSPS) is 11.8. The average Bonchev–Trinajstić information content (AvgIpc) is 2.59. The van der Waals surface area contributed by atoms with Crippen molar-refractivity contribution in [1.29, 1.82) is 0 Å². The van der Waals surface area contributed by atoms with E-state index >= 15 is 0 Å². The van der Waals surface area contributed by atoms with Crippen molar-refractivity contribution in [3.63, 3.8) is 0 Å². The number of carbonyl (C=O) groups is 2. The molecule has 4 heteroatoms. The van der Waals surface area contributed by atoms with Crippen LogP contribution in [0.5, 0.6) is 5.75 Å². The number of hydrogen-bond acceptors (Lipinski definition) is 3. The van der Waals surface area contributed by atoms with Crippen LogP contribution >= 0.6 is 0 Å². The molecule has 4 nitrogen and oxygen atoms in total. The van der Waals surface area contributed by atoms with Gasteiger partial charge in [-0.1, -0.05) is 36.4 Å². The van der Waals surface area contributed by atoms with Crippen LogP contribution in [0, 0.1) is 0 Å². The molecule has 4 aromatic carbocycles. The first kappa shape index (κ1) is 14.2. The second-order valence-corrected chi connectivity index (χ2v) is 5.67. The number of aliphatic carboxylic acids is 1. The van der Waals surface area contributed by atoms with Crippen LogP contribution in [-0.4, -0.2) is 22.0 Å². The van der Waals surface area contributed by atoms with Crippen molar-refractivity contribution >= 4 is 50.1 Å². The fourth-order valence-corrected chi connectivity index (χ4v) is 3.18. The number of phenols is 1. The Hall–Kier alpha value is -3.40. The molecule has 4 aromatic rings. The van der Waals surface area contributed by atoms with Gasteiger partial charge in [-0.15, -0.1) is 0 Å². The maximum Gasteiger partial charge on any atom is 0.376 e. The monoisotopic (exact) mass is 316 g/mol. The van der Waals surface area contributed by atoms with E-state index in [1.54, 1.807) is 6.07 Å². The first-order chi connectivity index (χ1) is 11.6. The van der Waals surface area contributed by atoms with Crippen LogP contribution in [0.1, 0.15) is 5.56 Å². The number of benzene rings is 4. The van der Waals surface area contributed by atoms with Gasteiger partial charge in [-0.2, -0.15) is 0 Å². The summed E-state index contributed by atoms with van der Waals surface area (Å²) in [5.41, 5.74) is 0.412. The Morgan fingerprint density at radius 3 is 2.25 bits per heavy atom. The Morgan fingerprint density at radius 1 is 0.875 bits per heavy atom. The van der Waals surface area contributed by atoms with Gasteiger partial charge in [0.05, 0.1) is 0 Å². The fraction of sp³-hybridized carbons (Fsp3) is 0. The molecule has 4 rings (SSSR count). The van der Waals surface area contributed by atoms with Crippen LogP contribution in [0.25, 0.3) is 38.4 Å². The van der Waals surface area contributed by atoms with E-state index in [4.69, 9.17) is 5.11 Å². The van der Waals surface area contributed by atoms with Crippen molar-refractivity contribution in [2.75, 3.05) is 0 Å². The van der Waals surface area contributed by atoms with Gasteiger partial charge in [0.15, 0.2) is 0 Å². The molecule has 0 heterocycles. The topological polar surface area (TPSA) is 74.6 Å². The molecule has 2 N–H and O–H groups in total. The number of carbonyl (C=O) groups excluding carboxylic acids is 1. The van der Waals surface area contributed by atoms with Crippen molar-refractivity contribution in [2.24, 2.45) is 0 Å². The molecule has 0 bridgehead atoms. The quantitative estimate of drug-likeness (QED) is 0.341. The van der Waals surface area contributed by atoms with Gasteiger partial charge in [0.2, 0.25) is 0 Å². The van der Waals surface area contributed by atoms with Gasteiger partial charge in [-0.05, 0) is 45.8 Å². The Bertz CT molecular complexity index is 1140. The summed E-state index contributed by atoms with van der Waals surface area (Å²) in [6.07, 6.45) is 2.29. The highest BCUT2D eigenvalue weighted by atomic mass is 16.4. The number of rotatable bonds is 3. The summed E-state index contributed by atoms with van der Waals surface area (Å²) in [6, 6.07) is 15.6. The third kappa shape index (κ3) is 2.01. The van der Waals surface area contributed by atoms with Gasteiger partial charge in [-0.3, -0.25) is 4.79 Å². The Morgan fingerprint density at radius 2 is 1.54 bits per heavy atom. The summed E-state index contributed by atoms with van der Waals surface area (Å²) in [7, 11) is 0. The number of ketones is 1. The molecule has 0 fully saturated rings. The zero-order chi connectivity index (χ0) is 16.8. The van der Waals surface area contributed by atoms with E-state index < -0.39 is 11.8 Å². The highest BCUT2D eigenvalue weighted by Gasteiger charge is 2.13. The largest absolute Gasteiger partial charge is 0.507 e. The molecule has 24 heavy (non-hydrogen) atoms. The van der Waals surface area contributed by atoms with Crippen molar-refractivity contribution in [1.82, 2.24) is 0 Å². The molecule has 0 amide bonds. The molecule has 0 atom stereocenters. The molecule has 0 aliphatic heterocycles. The minimum Gasteiger partial charge on any atom is -0.507 e. The minimum absolute atomic E-state index is 0.0372. The molecule has 0 aromatic heterocycles. The SMILES string of the molecule is O=C(O)C(=O)C=Cc1cc2ccc3cccc4ccc(c1O)c2c34. The first-order valence-electron chi connectivity index (χ1n) is 7.41. The van der Waals surface area contributed by atoms with Crippen LogP contribution in [0.3, 0.4) is 0 Å². The third-order valence-corrected chi connectivity index (χ3v) is 4.27. The van der Waals surface area contributed by atoms with Crippen molar-refractivity contribution in [3.05, 3.63) is 60.2 Å². The lowest BCUT2D eigenvalue weighted by atomic mass is 9.92. The number of hydrogen-bond donors (Lipinski definition) is 2. The Balaban J connectivity index is 2.03. The summed E-state index contributed by atoms with van der Waals surface area (Å²) in [6.45, 7) is 0. The molecular formula is C20H12O4. The summed E-state index contributed by atoms with van der Waals surface area (Å²) in [5.74, 6) is -2.52. The molecular weight excluding hydrogens is 304 g/mol. The number of carboxylic acid groups (broad SMARTS) is 1. The van der Waals surface area contributed by atoms with Crippen molar-refractivity contribution in [2.45, 2.75) is 0 Å². The van der Waals surface area contributed by atoms with Gasteiger partial charge < -0.3 is 10.2 Å². The van der Waals surface area contributed by atoms with E-state index in [2.05, 4.69) is 0 Å². The number of phenolic OH excluding ortho intramolecular Hbond substituents is 1. The van der Waals surface area contributed by atoms with Crippen molar-refractivity contribution in [3.8, 4) is 5.75 Å². The standard InChI is InChI=1S/C20H12O4/c21-16(20(23)24)9-7-14-10-13-5-4-11-2-1-3-12-6-8-15(19(14)22)18(13)17(11)12/h1-10,22H,(H,23,24). The lowest BCUT2D eigenvalue weighted by Gasteiger charge is -2.13. The molecule has 0 unspecified atom stereocenters. The fourth-order valence-electron chi connectivity index (χ4n) is 3.18. The van der Waals surface area contributed by atoms with E-state index in [1.165, 1.54) is 6.08 Å². The Labute approximate surface area is 136 Å². The highest BCUT2D eigenvalue weighted by Crippen LogP contribution is 2.40. The van der Waals surface area contributed by atoms with Crippen LogP contribution in [0.2, 0.25) is 0 Å². The molecule has 116 valence electrons. The smallest absolute Gasteiger partial charge is 0.376 e. The molecule has 0 aliphatic rings. The van der Waals surface area contributed by atoms with Gasteiger partial charge in [0.1, 0.15) is 5.75 Å². The first-order valence-corrected chi connectivity index (χ1v) is 7.41. The maximum absolute atomic E-state index is 11.2. The molecule has 0 saturated carbocycles. The molecule has 0 aliphatic carbocycles. The van der Waals surface area contributed by atoms with E-state index in [0.29, 0.717) is 10.9 Å². The number of carboxylic acids is 1. The zero-order valence-corrected chi connectivity index (χ0v) is 12.5. The molecule has 0 saturated heterocycles. The number of aromatic hydroxyl groups is 1. The lowest BCUT2D eigenvalue weighted by molar-refractivity contribution is -0.146. The summed E-state index contributed by atoms with van der Waals surface area (Å²) < 4.78 is 0. The summed E-state index contributed by atoms with van der Waals surface area (Å²) >= 11 is 0. The average molecular weight is 316 g/mol. The Kier molecular flexibility index (Phi) is 3.00. The van der Waals surface area contributed by atoms with Gasteiger partial charge in [0.25, 0.3) is 5.78 Å². The predicted molar refractivity (Wildman–Crippen MR) is 93.5 cm³/mol. The summed E-state index contributed by atoms with van der Waals surface area (Å²) in [5, 5.41) is 25.1. The van der Waals surface area contributed by atoms with Crippen LogP contribution in [-0.2, 0) is 9.59 Å². The van der Waals surface area contributed by atoms with Gasteiger partial charge in [-0.25, -0.2) is 4.79 Å². The molecule has 0 spiro atoms. The summed E-state index contributed by atoms with van der Waals surface area (Å²) in [4.78, 5) is 21.9. The van der Waals surface area contributed by atoms with Crippen LogP contribution in [0.4, 0.5) is 0 Å². The molecule has 0 radical (unpaired) electrons. The van der Waals surface area contributed by atoms with Gasteiger partial charge in [0, 0.05) is 16.3 Å². The van der Waals surface area contributed by atoms with Crippen LogP contribution in [0.15, 0.2) is 54.6 Å². The van der Waals surface area contributed by atoms with E-state index in [1.807, 2.05) is 42.5 Å². The van der Waals surface area contributed by atoms with E-state index in [9.17, 15) is 14.7 Å². The van der Waals surface area contributed by atoms with Crippen molar-refractivity contribution < 1.29 is 19.8 Å². The second-order valence-electron chi connectivity index (χ2n) is 5.67. The van der Waals surface area contributed by atoms with Gasteiger partial charge >= 0.3 is 5.97 Å². The second kappa shape index (κ2) is 5.06. The lowest BCUT2D eigenvalue weighted by Crippen LogP contribution is -2.08. The predicted octanol–water partition coefficient (Wildman–Crippen LogP) is 3.96. The van der Waals surface area contributed by atoms with E-state index in [0.717, 1.165) is 33.0 Å². The highest BCUT2D eigenvalue weighted by molar-refractivity contribution is 6.38. The van der Waals surface area contributed by atoms with Crippen LogP contribution < -0.4 is 0 Å².